The zero-order valence-electron chi connectivity index (χ0n) is 14.0. The van der Waals surface area contributed by atoms with Crippen LogP contribution in [0.15, 0.2) is 36.5 Å². The predicted molar refractivity (Wildman–Crippen MR) is 94.9 cm³/mol. The Bertz CT molecular complexity index is 693. The van der Waals surface area contributed by atoms with Gasteiger partial charge in [0.25, 0.3) is 0 Å². The number of aromatic nitrogens is 1. The maximum Gasteiger partial charge on any atom is 0.241 e. The number of rotatable bonds is 5. The van der Waals surface area contributed by atoms with Gasteiger partial charge in [0.2, 0.25) is 5.91 Å². The molecule has 1 aliphatic heterocycles. The summed E-state index contributed by atoms with van der Waals surface area (Å²) in [6.07, 6.45) is 1.75. The molecule has 0 saturated carbocycles. The highest BCUT2D eigenvalue weighted by Gasteiger charge is 2.25. The van der Waals surface area contributed by atoms with Crippen molar-refractivity contribution in [2.24, 2.45) is 0 Å². The molecule has 3 rings (SSSR count). The fourth-order valence-electron chi connectivity index (χ4n) is 3.13. The number of nitrogens with one attached hydrogen (secondary N) is 1. The van der Waals surface area contributed by atoms with Crippen molar-refractivity contribution in [3.05, 3.63) is 36.5 Å². The van der Waals surface area contributed by atoms with Crippen LogP contribution in [0.5, 0.6) is 0 Å². The molecule has 1 fully saturated rings. The standard InChI is InChI=1S/C18H24N4O2/c1-14(22-10-8-21(9-11-22)12-13-23)18(24)20-17-6-2-5-16-15(17)4-3-7-19-16/h2-7,14,23H,8-13H2,1H3,(H,20,24). The smallest absolute Gasteiger partial charge is 0.241 e. The number of carbonyl (C=O) groups excluding carboxylic acids is 1. The van der Waals surface area contributed by atoms with E-state index in [4.69, 9.17) is 5.11 Å². The first-order valence-corrected chi connectivity index (χ1v) is 8.41. The predicted octanol–water partition coefficient (Wildman–Crippen LogP) is 1.17. The summed E-state index contributed by atoms with van der Waals surface area (Å²) in [5, 5.41) is 13.0. The summed E-state index contributed by atoms with van der Waals surface area (Å²) < 4.78 is 0. The van der Waals surface area contributed by atoms with Gasteiger partial charge in [0.15, 0.2) is 0 Å². The number of β-amino-alcohol motifs (C(OH)–C–C–N with tert-alkyl or cyclic N) is 1. The summed E-state index contributed by atoms with van der Waals surface area (Å²) in [5.41, 5.74) is 1.68. The van der Waals surface area contributed by atoms with E-state index in [1.165, 1.54) is 0 Å². The Morgan fingerprint density at radius 2 is 2.04 bits per heavy atom. The third-order valence-electron chi connectivity index (χ3n) is 4.65. The van der Waals surface area contributed by atoms with Gasteiger partial charge in [-0.15, -0.1) is 0 Å². The van der Waals surface area contributed by atoms with Crippen molar-refractivity contribution in [3.63, 3.8) is 0 Å². The molecule has 2 aromatic rings. The number of hydrogen-bond donors (Lipinski definition) is 2. The number of hydrogen-bond acceptors (Lipinski definition) is 5. The SMILES string of the molecule is CC(C(=O)Nc1cccc2ncccc12)N1CCN(CCO)CC1. The summed E-state index contributed by atoms with van der Waals surface area (Å²) in [6.45, 7) is 6.28. The molecule has 128 valence electrons. The van der Waals surface area contributed by atoms with Crippen molar-refractivity contribution in [2.75, 3.05) is 44.6 Å². The first kappa shape index (κ1) is 16.8. The van der Waals surface area contributed by atoms with Crippen molar-refractivity contribution in [3.8, 4) is 0 Å². The Morgan fingerprint density at radius 1 is 1.25 bits per heavy atom. The molecule has 2 N–H and O–H groups in total. The van der Waals surface area contributed by atoms with Crippen LogP contribution >= 0.6 is 0 Å². The van der Waals surface area contributed by atoms with Gasteiger partial charge in [0.05, 0.1) is 23.9 Å². The van der Waals surface area contributed by atoms with Crippen LogP contribution in [-0.4, -0.2) is 71.2 Å². The minimum atomic E-state index is -0.187. The molecule has 6 nitrogen and oxygen atoms in total. The molecule has 1 aromatic carbocycles. The lowest BCUT2D eigenvalue weighted by Crippen LogP contribution is -2.53. The summed E-state index contributed by atoms with van der Waals surface area (Å²) in [7, 11) is 0. The molecule has 0 radical (unpaired) electrons. The average molecular weight is 328 g/mol. The second-order valence-corrected chi connectivity index (χ2v) is 6.14. The zero-order valence-corrected chi connectivity index (χ0v) is 14.0. The first-order chi connectivity index (χ1) is 11.7. The molecular weight excluding hydrogens is 304 g/mol. The number of carbonyl (C=O) groups is 1. The van der Waals surface area contributed by atoms with E-state index in [-0.39, 0.29) is 18.6 Å². The van der Waals surface area contributed by atoms with Gasteiger partial charge in [-0.25, -0.2) is 0 Å². The third-order valence-corrected chi connectivity index (χ3v) is 4.65. The van der Waals surface area contributed by atoms with Crippen molar-refractivity contribution < 1.29 is 9.90 Å². The molecular formula is C18H24N4O2. The monoisotopic (exact) mass is 328 g/mol. The van der Waals surface area contributed by atoms with Crippen LogP contribution < -0.4 is 5.32 Å². The van der Waals surface area contributed by atoms with Crippen LogP contribution in [0.4, 0.5) is 5.69 Å². The fraction of sp³-hybridized carbons (Fsp3) is 0.444. The zero-order chi connectivity index (χ0) is 16.9. The largest absolute Gasteiger partial charge is 0.395 e. The lowest BCUT2D eigenvalue weighted by Gasteiger charge is -2.37. The number of amides is 1. The highest BCUT2D eigenvalue weighted by atomic mass is 16.3. The van der Waals surface area contributed by atoms with Crippen molar-refractivity contribution in [1.29, 1.82) is 0 Å². The maximum atomic E-state index is 12.6. The normalized spacial score (nSPS) is 17.8. The van der Waals surface area contributed by atoms with Crippen LogP contribution in [0.2, 0.25) is 0 Å². The van der Waals surface area contributed by atoms with E-state index in [0.29, 0.717) is 6.54 Å². The highest BCUT2D eigenvalue weighted by Crippen LogP contribution is 2.21. The second-order valence-electron chi connectivity index (χ2n) is 6.14. The molecule has 2 heterocycles. The van der Waals surface area contributed by atoms with E-state index in [1.807, 2.05) is 37.3 Å². The minimum absolute atomic E-state index is 0.00182. The van der Waals surface area contributed by atoms with Crippen LogP contribution in [0.25, 0.3) is 10.9 Å². The number of anilines is 1. The lowest BCUT2D eigenvalue weighted by molar-refractivity contribution is -0.121. The molecule has 1 unspecified atom stereocenters. The van der Waals surface area contributed by atoms with Gasteiger partial charge in [0, 0.05) is 44.3 Å². The highest BCUT2D eigenvalue weighted by molar-refractivity contribution is 6.02. The van der Waals surface area contributed by atoms with E-state index < -0.39 is 0 Å². The van der Waals surface area contributed by atoms with Crippen LogP contribution in [0.1, 0.15) is 6.92 Å². The van der Waals surface area contributed by atoms with Gasteiger partial charge < -0.3 is 10.4 Å². The van der Waals surface area contributed by atoms with Gasteiger partial charge in [-0.3, -0.25) is 19.6 Å². The number of aliphatic hydroxyl groups excluding tert-OH is 1. The Morgan fingerprint density at radius 3 is 2.79 bits per heavy atom. The molecule has 1 saturated heterocycles. The fourth-order valence-corrected chi connectivity index (χ4v) is 3.13. The molecule has 1 amide bonds. The number of pyridine rings is 1. The van der Waals surface area contributed by atoms with E-state index >= 15 is 0 Å². The number of fused-ring (bicyclic) bond motifs is 1. The van der Waals surface area contributed by atoms with Gasteiger partial charge in [-0.2, -0.15) is 0 Å². The van der Waals surface area contributed by atoms with Crippen LogP contribution in [-0.2, 0) is 4.79 Å². The van der Waals surface area contributed by atoms with E-state index in [2.05, 4.69) is 20.1 Å². The molecule has 1 aliphatic rings. The van der Waals surface area contributed by atoms with Gasteiger partial charge in [-0.1, -0.05) is 6.07 Å². The molecule has 6 heteroatoms. The maximum absolute atomic E-state index is 12.6. The van der Waals surface area contributed by atoms with E-state index in [0.717, 1.165) is 42.8 Å². The van der Waals surface area contributed by atoms with Crippen molar-refractivity contribution in [1.82, 2.24) is 14.8 Å². The second kappa shape index (κ2) is 7.70. The molecule has 1 atom stereocenters. The van der Waals surface area contributed by atoms with E-state index in [9.17, 15) is 4.79 Å². The molecule has 0 bridgehead atoms. The summed E-state index contributed by atoms with van der Waals surface area (Å²) in [6, 6.07) is 9.41. The topological polar surface area (TPSA) is 68.7 Å². The number of benzene rings is 1. The van der Waals surface area contributed by atoms with Crippen LogP contribution in [0, 0.1) is 0 Å². The molecule has 24 heavy (non-hydrogen) atoms. The average Bonchev–Trinajstić information content (AvgIpc) is 2.62. The Hall–Kier alpha value is -2.02. The van der Waals surface area contributed by atoms with Gasteiger partial charge in [-0.05, 0) is 31.2 Å². The quantitative estimate of drug-likeness (QED) is 0.862. The van der Waals surface area contributed by atoms with E-state index in [1.54, 1.807) is 6.20 Å². The lowest BCUT2D eigenvalue weighted by atomic mass is 10.1. The number of aliphatic hydroxyl groups is 1. The number of nitrogens with zero attached hydrogens (tertiary/aromatic N) is 3. The Kier molecular flexibility index (Phi) is 5.40. The van der Waals surface area contributed by atoms with Gasteiger partial charge in [0.1, 0.15) is 0 Å². The summed E-state index contributed by atoms with van der Waals surface area (Å²) in [4.78, 5) is 21.4. The van der Waals surface area contributed by atoms with Crippen molar-refractivity contribution >= 4 is 22.5 Å². The Balaban J connectivity index is 1.64. The first-order valence-electron chi connectivity index (χ1n) is 8.41. The summed E-state index contributed by atoms with van der Waals surface area (Å²) >= 11 is 0. The third kappa shape index (κ3) is 3.72. The summed E-state index contributed by atoms with van der Waals surface area (Å²) in [5.74, 6) is 0.00182. The van der Waals surface area contributed by atoms with Gasteiger partial charge >= 0.3 is 0 Å². The van der Waals surface area contributed by atoms with Crippen molar-refractivity contribution in [2.45, 2.75) is 13.0 Å². The molecule has 1 aromatic heterocycles. The Labute approximate surface area is 142 Å². The number of piperazine rings is 1. The molecule has 0 aliphatic carbocycles. The van der Waals surface area contributed by atoms with Crippen LogP contribution in [0.3, 0.4) is 0 Å². The molecule has 0 spiro atoms. The minimum Gasteiger partial charge on any atom is -0.395 e.